The van der Waals surface area contributed by atoms with Gasteiger partial charge in [-0.1, -0.05) is 35.9 Å². The summed E-state index contributed by atoms with van der Waals surface area (Å²) in [6.45, 7) is 6.31. The summed E-state index contributed by atoms with van der Waals surface area (Å²) in [7, 11) is 0. The van der Waals surface area contributed by atoms with Crippen LogP contribution in [0.4, 0.5) is 10.5 Å². The number of hydrogen-bond donors (Lipinski definition) is 1. The number of hydrogen-bond acceptors (Lipinski definition) is 7. The Kier molecular flexibility index (Phi) is 9.27. The smallest absolute Gasteiger partial charge is 0.293 e. The van der Waals surface area contributed by atoms with Gasteiger partial charge in [-0.25, -0.2) is 0 Å². The highest BCUT2D eigenvalue weighted by Gasteiger charge is 2.34. The van der Waals surface area contributed by atoms with Crippen molar-refractivity contribution in [2.75, 3.05) is 31.7 Å². The highest BCUT2D eigenvalue weighted by molar-refractivity contribution is 8.18. The monoisotopic (exact) mass is 546 g/mol. The molecule has 4 rings (SSSR count). The Bertz CT molecular complexity index is 1390. The van der Waals surface area contributed by atoms with Crippen molar-refractivity contribution in [1.82, 2.24) is 4.90 Å². The molecule has 0 saturated carbocycles. The van der Waals surface area contributed by atoms with Crippen LogP contribution in [0.3, 0.4) is 0 Å². The summed E-state index contributed by atoms with van der Waals surface area (Å²) in [5.74, 6) is 0.847. The number of carbonyl (C=O) groups is 3. The van der Waals surface area contributed by atoms with Crippen LogP contribution in [0.15, 0.2) is 71.6 Å². The van der Waals surface area contributed by atoms with Crippen molar-refractivity contribution in [3.8, 4) is 17.2 Å². The van der Waals surface area contributed by atoms with Gasteiger partial charge in [0, 0.05) is 5.69 Å². The van der Waals surface area contributed by atoms with Gasteiger partial charge in [0.15, 0.2) is 18.1 Å². The number of nitrogens with one attached hydrogen (secondary N) is 1. The summed E-state index contributed by atoms with van der Waals surface area (Å²) in [4.78, 5) is 39.2. The first-order valence-corrected chi connectivity index (χ1v) is 13.3. The summed E-state index contributed by atoms with van der Waals surface area (Å²) in [6, 6.07) is 20.2. The molecular weight excluding hydrogens is 516 g/mol. The quantitative estimate of drug-likeness (QED) is 0.302. The van der Waals surface area contributed by atoms with E-state index in [4.69, 9.17) is 14.2 Å². The molecule has 3 aromatic carbocycles. The van der Waals surface area contributed by atoms with Crippen molar-refractivity contribution in [3.63, 3.8) is 0 Å². The number of nitrogens with zero attached hydrogens (tertiary/aromatic N) is 1. The first kappa shape index (κ1) is 27.8. The van der Waals surface area contributed by atoms with Crippen LogP contribution in [0.2, 0.25) is 0 Å². The zero-order chi connectivity index (χ0) is 27.8. The Balaban J connectivity index is 1.37. The van der Waals surface area contributed by atoms with Crippen molar-refractivity contribution >= 4 is 40.6 Å². The lowest BCUT2D eigenvalue weighted by Gasteiger charge is -2.14. The molecule has 1 fully saturated rings. The third kappa shape index (κ3) is 7.64. The van der Waals surface area contributed by atoms with E-state index in [1.165, 1.54) is 4.90 Å². The number of anilines is 1. The highest BCUT2D eigenvalue weighted by atomic mass is 32.2. The second kappa shape index (κ2) is 13.0. The minimum Gasteiger partial charge on any atom is -0.492 e. The van der Waals surface area contributed by atoms with Crippen LogP contribution in [-0.2, 0) is 9.59 Å². The largest absolute Gasteiger partial charge is 0.492 e. The average molecular weight is 547 g/mol. The second-order valence-electron chi connectivity index (χ2n) is 8.84. The van der Waals surface area contributed by atoms with Gasteiger partial charge < -0.3 is 19.5 Å². The fourth-order valence-corrected chi connectivity index (χ4v) is 4.65. The molecule has 0 aromatic heterocycles. The average Bonchev–Trinajstić information content (AvgIpc) is 3.17. The van der Waals surface area contributed by atoms with Gasteiger partial charge in [0.25, 0.3) is 17.1 Å². The maximum absolute atomic E-state index is 12.9. The Morgan fingerprint density at radius 1 is 0.923 bits per heavy atom. The van der Waals surface area contributed by atoms with Crippen LogP contribution in [0.1, 0.15) is 23.6 Å². The normalized spacial score (nSPS) is 14.0. The SMILES string of the molecule is CCOc1cc(/C=C2\SC(=O)N(CCOc3cccc(C)c3)C2=O)ccc1OCC(=O)Nc1ccc(C)cc1. The predicted molar refractivity (Wildman–Crippen MR) is 152 cm³/mol. The third-order valence-electron chi connectivity index (χ3n) is 5.71. The zero-order valence-corrected chi connectivity index (χ0v) is 22.9. The summed E-state index contributed by atoms with van der Waals surface area (Å²) in [5, 5.41) is 2.45. The number of ether oxygens (including phenoxy) is 3. The molecule has 0 radical (unpaired) electrons. The van der Waals surface area contributed by atoms with E-state index in [1.54, 1.807) is 24.3 Å². The summed E-state index contributed by atoms with van der Waals surface area (Å²) in [6.07, 6.45) is 1.64. The van der Waals surface area contributed by atoms with Gasteiger partial charge in [-0.15, -0.1) is 0 Å². The van der Waals surface area contributed by atoms with E-state index >= 15 is 0 Å². The third-order valence-corrected chi connectivity index (χ3v) is 6.61. The zero-order valence-electron chi connectivity index (χ0n) is 22.1. The van der Waals surface area contributed by atoms with Gasteiger partial charge in [-0.3, -0.25) is 19.3 Å². The van der Waals surface area contributed by atoms with Crippen molar-refractivity contribution < 1.29 is 28.6 Å². The number of rotatable bonds is 11. The molecule has 0 atom stereocenters. The van der Waals surface area contributed by atoms with Gasteiger partial charge in [-0.2, -0.15) is 0 Å². The van der Waals surface area contributed by atoms with Crippen LogP contribution < -0.4 is 19.5 Å². The van der Waals surface area contributed by atoms with Crippen molar-refractivity contribution in [2.24, 2.45) is 0 Å². The molecule has 0 spiro atoms. The molecular formula is C30H30N2O6S. The molecule has 9 heteroatoms. The van der Waals surface area contributed by atoms with Gasteiger partial charge >= 0.3 is 0 Å². The molecule has 1 saturated heterocycles. The van der Waals surface area contributed by atoms with Crippen molar-refractivity contribution in [1.29, 1.82) is 0 Å². The lowest BCUT2D eigenvalue weighted by molar-refractivity contribution is -0.123. The second-order valence-corrected chi connectivity index (χ2v) is 9.83. The number of aryl methyl sites for hydroxylation is 2. The van der Waals surface area contributed by atoms with E-state index in [1.807, 2.05) is 69.3 Å². The number of carbonyl (C=O) groups excluding carboxylic acids is 3. The molecule has 3 aromatic rings. The highest BCUT2D eigenvalue weighted by Crippen LogP contribution is 2.34. The molecule has 0 unspecified atom stereocenters. The van der Waals surface area contributed by atoms with E-state index in [0.29, 0.717) is 40.0 Å². The van der Waals surface area contributed by atoms with Crippen LogP contribution in [0.25, 0.3) is 6.08 Å². The summed E-state index contributed by atoms with van der Waals surface area (Å²) in [5.41, 5.74) is 3.51. The number of amides is 3. The Morgan fingerprint density at radius 3 is 2.46 bits per heavy atom. The van der Waals surface area contributed by atoms with E-state index in [-0.39, 0.29) is 36.8 Å². The molecule has 3 amide bonds. The lowest BCUT2D eigenvalue weighted by Crippen LogP contribution is -2.32. The predicted octanol–water partition coefficient (Wildman–Crippen LogP) is 5.83. The molecule has 8 nitrogen and oxygen atoms in total. The topological polar surface area (TPSA) is 94.2 Å². The fourth-order valence-electron chi connectivity index (χ4n) is 3.78. The van der Waals surface area contributed by atoms with Gasteiger partial charge in [0.05, 0.1) is 18.1 Å². The molecule has 1 aliphatic heterocycles. The van der Waals surface area contributed by atoms with E-state index in [0.717, 1.165) is 22.9 Å². The molecule has 1 heterocycles. The first-order valence-electron chi connectivity index (χ1n) is 12.5. The van der Waals surface area contributed by atoms with Crippen molar-refractivity contribution in [2.45, 2.75) is 20.8 Å². The Morgan fingerprint density at radius 2 is 1.72 bits per heavy atom. The molecule has 0 aliphatic carbocycles. The number of imide groups is 1. The number of benzene rings is 3. The van der Waals surface area contributed by atoms with E-state index in [9.17, 15) is 14.4 Å². The molecule has 0 bridgehead atoms. The van der Waals surface area contributed by atoms with Crippen LogP contribution in [0.5, 0.6) is 17.2 Å². The Labute approximate surface area is 231 Å². The maximum Gasteiger partial charge on any atom is 0.293 e. The standard InChI is InChI=1S/C30H30N2O6S/c1-4-36-26-17-22(10-13-25(26)38-19-28(33)31-23-11-8-20(2)9-12-23)18-27-29(34)32(30(35)39-27)14-15-37-24-7-5-6-21(3)16-24/h5-13,16-18H,4,14-15,19H2,1-3H3,(H,31,33)/b27-18-. The van der Waals surface area contributed by atoms with Crippen LogP contribution in [-0.4, -0.2) is 48.3 Å². The first-order chi connectivity index (χ1) is 18.8. The van der Waals surface area contributed by atoms with E-state index < -0.39 is 0 Å². The van der Waals surface area contributed by atoms with Crippen molar-refractivity contribution in [3.05, 3.63) is 88.3 Å². The summed E-state index contributed by atoms with van der Waals surface area (Å²) < 4.78 is 17.1. The van der Waals surface area contributed by atoms with Gasteiger partial charge in [-0.05, 0) is 86.1 Å². The molecule has 1 aliphatic rings. The minimum atomic E-state index is -0.371. The fraction of sp³-hybridized carbons (Fsp3) is 0.233. The Hall–Kier alpha value is -4.24. The van der Waals surface area contributed by atoms with E-state index in [2.05, 4.69) is 5.32 Å². The van der Waals surface area contributed by atoms with Gasteiger partial charge in [0.2, 0.25) is 0 Å². The molecule has 39 heavy (non-hydrogen) atoms. The number of thioether (sulfide) groups is 1. The van der Waals surface area contributed by atoms with Crippen LogP contribution >= 0.6 is 11.8 Å². The van der Waals surface area contributed by atoms with Gasteiger partial charge in [0.1, 0.15) is 12.4 Å². The maximum atomic E-state index is 12.9. The minimum absolute atomic E-state index is 0.150. The molecule has 1 N–H and O–H groups in total. The summed E-state index contributed by atoms with van der Waals surface area (Å²) >= 11 is 0.883. The van der Waals surface area contributed by atoms with Crippen LogP contribution in [0, 0.1) is 13.8 Å². The molecule has 202 valence electrons. The lowest BCUT2D eigenvalue weighted by atomic mass is 10.2.